The van der Waals surface area contributed by atoms with E-state index in [1.807, 2.05) is 6.92 Å². The van der Waals surface area contributed by atoms with E-state index in [1.54, 1.807) is 42.5 Å². The number of rotatable bonds is 9. The van der Waals surface area contributed by atoms with Crippen LogP contribution in [-0.2, 0) is 24.3 Å². The van der Waals surface area contributed by atoms with E-state index in [1.165, 1.54) is 12.1 Å². The molecule has 2 fully saturated rings. The van der Waals surface area contributed by atoms with Gasteiger partial charge in [-0.05, 0) is 106 Å². The molecule has 1 saturated heterocycles. The summed E-state index contributed by atoms with van der Waals surface area (Å²) in [6, 6.07) is 14.3. The number of benzene rings is 2. The van der Waals surface area contributed by atoms with E-state index in [-0.39, 0.29) is 58.5 Å². The van der Waals surface area contributed by atoms with Crippen LogP contribution in [0.5, 0.6) is 0 Å². The van der Waals surface area contributed by atoms with Gasteiger partial charge >= 0.3 is 0 Å². The Bertz CT molecular complexity index is 1250. The lowest BCUT2D eigenvalue weighted by molar-refractivity contribution is -0.378. The number of ether oxygens (including phenoxy) is 1. The predicted octanol–water partition coefficient (Wildman–Crippen LogP) is 5.71. The highest BCUT2D eigenvalue weighted by Gasteiger charge is 2.56. The van der Waals surface area contributed by atoms with Crippen LogP contribution in [-0.4, -0.2) is 48.6 Å². The summed E-state index contributed by atoms with van der Waals surface area (Å²) in [7, 11) is -3.64. The van der Waals surface area contributed by atoms with Gasteiger partial charge in [0.1, 0.15) is 5.60 Å². The maximum absolute atomic E-state index is 12.8. The molecule has 220 valence electrons. The first-order valence-electron chi connectivity index (χ1n) is 14.2. The zero-order valence-corrected chi connectivity index (χ0v) is 24.7. The molecule has 9 heteroatoms. The summed E-state index contributed by atoms with van der Waals surface area (Å²) in [6.07, 6.45) is 3.10. The number of fused-ring (bicyclic) bond motifs is 1. The van der Waals surface area contributed by atoms with E-state index >= 15 is 0 Å². The second kappa shape index (κ2) is 12.3. The molecule has 1 saturated carbocycles. The molecule has 6 unspecified atom stereocenters. The van der Waals surface area contributed by atoms with E-state index in [0.29, 0.717) is 11.6 Å². The summed E-state index contributed by atoms with van der Waals surface area (Å²) in [4.78, 5) is 18.4. The van der Waals surface area contributed by atoms with Gasteiger partial charge in [0, 0.05) is 12.1 Å². The minimum atomic E-state index is -3.64. The van der Waals surface area contributed by atoms with E-state index < -0.39 is 21.5 Å². The number of carbonyl (C=O) groups excluding carboxylic acids is 1. The Balaban J connectivity index is 1.36. The summed E-state index contributed by atoms with van der Waals surface area (Å²) in [5, 5.41) is 24.2. The maximum Gasteiger partial charge on any atom is 0.224 e. The fourth-order valence-electron chi connectivity index (χ4n) is 6.63. The number of carbonyl (C=O) groups is 1. The molecule has 1 amide bonds. The molecule has 4 rings (SSSR count). The molecule has 0 aromatic heterocycles. The molecule has 2 aromatic rings. The molecular formula is C31H43NO7S. The van der Waals surface area contributed by atoms with Gasteiger partial charge in [0.05, 0.1) is 28.1 Å². The fourth-order valence-corrected chi connectivity index (χ4v) is 7.91. The van der Waals surface area contributed by atoms with E-state index in [2.05, 4.69) is 26.1 Å². The molecule has 1 heterocycles. The van der Waals surface area contributed by atoms with Crippen molar-refractivity contribution in [3.8, 4) is 0 Å². The minimum Gasteiger partial charge on any atom is -0.393 e. The van der Waals surface area contributed by atoms with Crippen molar-refractivity contribution in [2.75, 3.05) is 11.9 Å². The third-order valence-corrected chi connectivity index (χ3v) is 11.0. The summed E-state index contributed by atoms with van der Waals surface area (Å²) < 4.78 is 31.8. The first-order chi connectivity index (χ1) is 18.9. The molecule has 40 heavy (non-hydrogen) atoms. The Labute approximate surface area is 237 Å². The van der Waals surface area contributed by atoms with Crippen LogP contribution in [0.25, 0.3) is 0 Å². The number of aliphatic hydroxyl groups is 1. The van der Waals surface area contributed by atoms with Gasteiger partial charge < -0.3 is 15.2 Å². The molecule has 2 aromatic carbocycles. The topological polar surface area (TPSA) is 122 Å². The van der Waals surface area contributed by atoms with Crippen molar-refractivity contribution in [3.63, 3.8) is 0 Å². The Kier molecular flexibility index (Phi) is 9.42. The highest BCUT2D eigenvalue weighted by Crippen LogP contribution is 2.52. The molecular weight excluding hydrogens is 530 g/mol. The van der Waals surface area contributed by atoms with Crippen molar-refractivity contribution in [2.45, 2.75) is 93.3 Å². The summed E-state index contributed by atoms with van der Waals surface area (Å²) in [5.41, 5.74) is -0.720. The maximum atomic E-state index is 12.8. The van der Waals surface area contributed by atoms with Gasteiger partial charge in [0.15, 0.2) is 0 Å². The number of amides is 1. The van der Waals surface area contributed by atoms with Crippen LogP contribution in [0.15, 0.2) is 64.4 Å². The Morgan fingerprint density at radius 3 is 2.38 bits per heavy atom. The van der Waals surface area contributed by atoms with E-state index in [4.69, 9.17) is 9.62 Å². The summed E-state index contributed by atoms with van der Waals surface area (Å²) >= 11 is 0. The lowest BCUT2D eigenvalue weighted by Crippen LogP contribution is -2.58. The van der Waals surface area contributed by atoms with Gasteiger partial charge in [0.2, 0.25) is 15.7 Å². The SMILES string of the molecule is CC1CCC(C(C)C(O)CCC(=O)Nc2ccc(S(=O)(=O)c3ccccc3)cc2)C2(OO)COC(C)(C)CCC12. The van der Waals surface area contributed by atoms with Crippen LogP contribution in [0.3, 0.4) is 0 Å². The lowest BCUT2D eigenvalue weighted by Gasteiger charge is -2.51. The monoisotopic (exact) mass is 573 g/mol. The van der Waals surface area contributed by atoms with E-state index in [9.17, 15) is 23.6 Å². The molecule has 1 aliphatic heterocycles. The van der Waals surface area contributed by atoms with Gasteiger partial charge in [-0.15, -0.1) is 0 Å². The van der Waals surface area contributed by atoms with Crippen molar-refractivity contribution >= 4 is 21.4 Å². The Morgan fingerprint density at radius 1 is 1.07 bits per heavy atom. The minimum absolute atomic E-state index is 0.0959. The van der Waals surface area contributed by atoms with Gasteiger partial charge in [-0.1, -0.05) is 32.0 Å². The van der Waals surface area contributed by atoms with Crippen molar-refractivity contribution in [3.05, 3.63) is 54.6 Å². The zero-order valence-electron chi connectivity index (χ0n) is 23.9. The molecule has 0 spiro atoms. The number of sulfone groups is 1. The highest BCUT2D eigenvalue weighted by molar-refractivity contribution is 7.91. The van der Waals surface area contributed by atoms with Crippen LogP contribution in [0, 0.1) is 23.7 Å². The number of nitrogens with one attached hydrogen (secondary N) is 1. The standard InChI is InChI=1S/C31H43NO7S/c1-21-10-15-27(31(39-35)20-38-30(3,4)19-18-26(21)31)22(2)28(33)16-17-29(34)32-23-11-13-25(14-12-23)40(36,37)24-8-6-5-7-9-24/h5-9,11-14,21-22,26-28,33,35H,10,15-20H2,1-4H3,(H,32,34). The van der Waals surface area contributed by atoms with Crippen molar-refractivity contribution < 1.29 is 33.2 Å². The second-order valence-corrected chi connectivity index (χ2v) is 14.2. The number of hydrogen-bond acceptors (Lipinski definition) is 7. The van der Waals surface area contributed by atoms with E-state index in [0.717, 1.165) is 25.7 Å². The molecule has 0 bridgehead atoms. The van der Waals surface area contributed by atoms with Crippen LogP contribution in [0.1, 0.15) is 66.2 Å². The second-order valence-electron chi connectivity index (χ2n) is 12.3. The third kappa shape index (κ3) is 6.44. The Morgan fingerprint density at radius 2 is 1.73 bits per heavy atom. The van der Waals surface area contributed by atoms with Crippen LogP contribution >= 0.6 is 0 Å². The fraction of sp³-hybridized carbons (Fsp3) is 0.581. The first kappa shape index (κ1) is 30.7. The average molecular weight is 574 g/mol. The quantitative estimate of drug-likeness (QED) is 0.259. The molecule has 2 aliphatic rings. The number of hydrogen-bond donors (Lipinski definition) is 3. The van der Waals surface area contributed by atoms with Gasteiger partial charge in [-0.2, -0.15) is 0 Å². The molecule has 3 N–H and O–H groups in total. The lowest BCUT2D eigenvalue weighted by atomic mass is 9.59. The zero-order chi connectivity index (χ0) is 29.1. The normalized spacial score (nSPS) is 28.1. The smallest absolute Gasteiger partial charge is 0.224 e. The predicted molar refractivity (Wildman–Crippen MR) is 152 cm³/mol. The summed E-state index contributed by atoms with van der Waals surface area (Å²) in [6.45, 7) is 8.54. The van der Waals surface area contributed by atoms with Crippen molar-refractivity contribution in [2.24, 2.45) is 23.7 Å². The molecule has 1 aliphatic carbocycles. The Hall–Kier alpha value is -2.30. The third-order valence-electron chi connectivity index (χ3n) is 9.20. The van der Waals surface area contributed by atoms with Crippen LogP contribution in [0.2, 0.25) is 0 Å². The molecule has 8 nitrogen and oxygen atoms in total. The van der Waals surface area contributed by atoms with Crippen LogP contribution < -0.4 is 5.32 Å². The first-order valence-corrected chi connectivity index (χ1v) is 15.7. The molecule has 0 radical (unpaired) electrons. The van der Waals surface area contributed by atoms with Crippen LogP contribution in [0.4, 0.5) is 5.69 Å². The largest absolute Gasteiger partial charge is 0.393 e. The highest BCUT2D eigenvalue weighted by atomic mass is 32.2. The number of aliphatic hydroxyl groups excluding tert-OH is 1. The molecule has 6 atom stereocenters. The van der Waals surface area contributed by atoms with Crippen molar-refractivity contribution in [1.29, 1.82) is 0 Å². The number of anilines is 1. The van der Waals surface area contributed by atoms with Gasteiger partial charge in [-0.3, -0.25) is 10.1 Å². The average Bonchev–Trinajstić information content (AvgIpc) is 3.09. The van der Waals surface area contributed by atoms with Gasteiger partial charge in [0.25, 0.3) is 0 Å². The van der Waals surface area contributed by atoms with Gasteiger partial charge in [-0.25, -0.2) is 13.3 Å². The van der Waals surface area contributed by atoms with Crippen molar-refractivity contribution in [1.82, 2.24) is 0 Å². The summed E-state index contributed by atoms with van der Waals surface area (Å²) in [5.74, 6) is -0.130.